The molecule has 92 valence electrons. The fourth-order valence-electron chi connectivity index (χ4n) is 2.54. The molecular weight excluding hydrogens is 210 g/mol. The normalized spacial score (nSPS) is 21.0. The van der Waals surface area contributed by atoms with Gasteiger partial charge in [0.15, 0.2) is 0 Å². The van der Waals surface area contributed by atoms with Gasteiger partial charge in [-0.05, 0) is 25.0 Å². The van der Waals surface area contributed by atoms with E-state index in [0.29, 0.717) is 5.78 Å². The van der Waals surface area contributed by atoms with Crippen LogP contribution in [0.3, 0.4) is 0 Å². The lowest BCUT2D eigenvalue weighted by molar-refractivity contribution is -0.122. The van der Waals surface area contributed by atoms with Crippen LogP contribution in [-0.2, 0) is 4.79 Å². The maximum Gasteiger partial charge on any atom is 0.137 e. The minimum atomic E-state index is 0.239. The van der Waals surface area contributed by atoms with Gasteiger partial charge in [0, 0.05) is 31.6 Å². The van der Waals surface area contributed by atoms with E-state index in [1.165, 1.54) is 18.5 Å². The van der Waals surface area contributed by atoms with Crippen molar-refractivity contribution in [3.8, 4) is 0 Å². The number of para-hydroxylation sites is 1. The van der Waals surface area contributed by atoms with E-state index in [1.54, 1.807) is 0 Å². The average molecular weight is 231 g/mol. The molecular formula is C15H21NO. The first-order valence-electron chi connectivity index (χ1n) is 6.56. The van der Waals surface area contributed by atoms with Gasteiger partial charge in [-0.3, -0.25) is 4.79 Å². The number of carbonyl (C=O) groups is 1. The number of benzene rings is 1. The van der Waals surface area contributed by atoms with Gasteiger partial charge in [0.25, 0.3) is 0 Å². The summed E-state index contributed by atoms with van der Waals surface area (Å²) < 4.78 is 0. The summed E-state index contributed by atoms with van der Waals surface area (Å²) in [5, 5.41) is 0. The van der Waals surface area contributed by atoms with Crippen molar-refractivity contribution in [2.75, 3.05) is 18.5 Å². The lowest BCUT2D eigenvalue weighted by atomic mass is 9.98. The summed E-state index contributed by atoms with van der Waals surface area (Å²) in [7, 11) is 2.08. The number of nitrogens with zero attached hydrogens (tertiary/aromatic N) is 1. The molecule has 0 heterocycles. The highest BCUT2D eigenvalue weighted by Crippen LogP contribution is 2.22. The maximum absolute atomic E-state index is 12.0. The first-order chi connectivity index (χ1) is 8.27. The Bertz CT molecular complexity index is 360. The Kier molecular flexibility index (Phi) is 4.18. The predicted octanol–water partition coefficient (Wildman–Crippen LogP) is 3.27. The van der Waals surface area contributed by atoms with E-state index in [1.807, 2.05) is 18.2 Å². The number of Topliss-reactive ketones (excluding diaryl/α,β-unsaturated/α-hetero) is 1. The Labute approximate surface area is 104 Å². The Morgan fingerprint density at radius 3 is 2.71 bits per heavy atom. The number of hydrogen-bond acceptors (Lipinski definition) is 2. The van der Waals surface area contributed by atoms with E-state index in [-0.39, 0.29) is 5.92 Å². The predicted molar refractivity (Wildman–Crippen MR) is 71.3 cm³/mol. The Morgan fingerprint density at radius 1 is 1.18 bits per heavy atom. The molecule has 0 aromatic heterocycles. The zero-order valence-corrected chi connectivity index (χ0v) is 10.6. The van der Waals surface area contributed by atoms with Crippen molar-refractivity contribution in [3.63, 3.8) is 0 Å². The number of ketones is 1. The van der Waals surface area contributed by atoms with E-state index in [2.05, 4.69) is 24.1 Å². The maximum atomic E-state index is 12.0. The molecule has 0 aliphatic heterocycles. The van der Waals surface area contributed by atoms with Crippen molar-refractivity contribution < 1.29 is 4.79 Å². The number of anilines is 1. The molecule has 1 fully saturated rings. The van der Waals surface area contributed by atoms with Crippen molar-refractivity contribution in [2.45, 2.75) is 32.1 Å². The van der Waals surface area contributed by atoms with Crippen molar-refractivity contribution in [1.82, 2.24) is 0 Å². The third-order valence-electron chi connectivity index (χ3n) is 3.62. The van der Waals surface area contributed by atoms with Gasteiger partial charge in [-0.2, -0.15) is 0 Å². The van der Waals surface area contributed by atoms with Gasteiger partial charge in [0.1, 0.15) is 5.78 Å². The van der Waals surface area contributed by atoms with Crippen LogP contribution in [-0.4, -0.2) is 19.4 Å². The fraction of sp³-hybridized carbons (Fsp3) is 0.533. The van der Waals surface area contributed by atoms with Gasteiger partial charge >= 0.3 is 0 Å². The molecule has 2 nitrogen and oxygen atoms in total. The molecule has 0 spiro atoms. The van der Waals surface area contributed by atoms with Gasteiger partial charge < -0.3 is 4.90 Å². The first-order valence-corrected chi connectivity index (χ1v) is 6.56. The zero-order chi connectivity index (χ0) is 12.1. The van der Waals surface area contributed by atoms with Crippen LogP contribution >= 0.6 is 0 Å². The van der Waals surface area contributed by atoms with Crippen molar-refractivity contribution in [3.05, 3.63) is 30.3 Å². The zero-order valence-electron chi connectivity index (χ0n) is 10.6. The minimum absolute atomic E-state index is 0.239. The molecule has 1 aliphatic rings. The summed E-state index contributed by atoms with van der Waals surface area (Å²) in [6.45, 7) is 0.864. The van der Waals surface area contributed by atoms with Gasteiger partial charge in [-0.25, -0.2) is 0 Å². The summed E-state index contributed by atoms with van der Waals surface area (Å²) in [5.41, 5.74) is 1.20. The van der Waals surface area contributed by atoms with Crippen LogP contribution in [0.4, 0.5) is 5.69 Å². The highest BCUT2D eigenvalue weighted by Gasteiger charge is 2.22. The monoisotopic (exact) mass is 231 g/mol. The van der Waals surface area contributed by atoms with Crippen molar-refractivity contribution >= 4 is 11.5 Å². The van der Waals surface area contributed by atoms with Crippen LogP contribution in [0.15, 0.2) is 30.3 Å². The second-order valence-electron chi connectivity index (χ2n) is 4.98. The fourth-order valence-corrected chi connectivity index (χ4v) is 2.54. The molecule has 0 N–H and O–H groups in total. The molecule has 2 heteroatoms. The number of hydrogen-bond donors (Lipinski definition) is 0. The summed E-state index contributed by atoms with van der Waals surface area (Å²) in [6.07, 6.45) is 5.37. The van der Waals surface area contributed by atoms with E-state index in [4.69, 9.17) is 0 Å². The molecule has 0 saturated heterocycles. The summed E-state index contributed by atoms with van der Waals surface area (Å²) in [6, 6.07) is 10.3. The van der Waals surface area contributed by atoms with Crippen LogP contribution in [0.25, 0.3) is 0 Å². The average Bonchev–Trinajstić information content (AvgIpc) is 2.56. The van der Waals surface area contributed by atoms with Gasteiger partial charge in [0.2, 0.25) is 0 Å². The molecule has 1 aliphatic carbocycles. The van der Waals surface area contributed by atoms with E-state index >= 15 is 0 Å². The molecule has 1 unspecified atom stereocenters. The topological polar surface area (TPSA) is 20.3 Å². The molecule has 2 rings (SSSR count). The van der Waals surface area contributed by atoms with Crippen molar-refractivity contribution in [1.29, 1.82) is 0 Å². The Morgan fingerprint density at radius 2 is 1.94 bits per heavy atom. The molecule has 0 bridgehead atoms. The summed E-state index contributed by atoms with van der Waals surface area (Å²) in [4.78, 5) is 14.2. The third-order valence-corrected chi connectivity index (χ3v) is 3.62. The molecule has 0 amide bonds. The van der Waals surface area contributed by atoms with Crippen LogP contribution in [0, 0.1) is 5.92 Å². The van der Waals surface area contributed by atoms with E-state index in [0.717, 1.165) is 25.8 Å². The highest BCUT2D eigenvalue weighted by atomic mass is 16.1. The number of rotatable bonds is 3. The highest BCUT2D eigenvalue weighted by molar-refractivity contribution is 5.81. The largest absolute Gasteiger partial charge is 0.374 e. The molecule has 1 aromatic carbocycles. The van der Waals surface area contributed by atoms with E-state index < -0.39 is 0 Å². The second-order valence-corrected chi connectivity index (χ2v) is 4.98. The lowest BCUT2D eigenvalue weighted by Crippen LogP contribution is -2.29. The van der Waals surface area contributed by atoms with Gasteiger partial charge in [-0.15, -0.1) is 0 Å². The number of carbonyl (C=O) groups excluding carboxylic acids is 1. The smallest absolute Gasteiger partial charge is 0.137 e. The molecule has 1 aromatic rings. The van der Waals surface area contributed by atoms with Gasteiger partial charge in [-0.1, -0.05) is 31.0 Å². The van der Waals surface area contributed by atoms with Crippen molar-refractivity contribution in [2.24, 2.45) is 5.92 Å². The second kappa shape index (κ2) is 5.85. The quantitative estimate of drug-likeness (QED) is 0.744. The molecule has 17 heavy (non-hydrogen) atoms. The summed E-state index contributed by atoms with van der Waals surface area (Å²) in [5.74, 6) is 0.702. The van der Waals surface area contributed by atoms with Crippen LogP contribution in [0.1, 0.15) is 32.1 Å². The molecule has 1 saturated carbocycles. The first kappa shape index (κ1) is 12.2. The van der Waals surface area contributed by atoms with Crippen LogP contribution in [0.2, 0.25) is 0 Å². The lowest BCUT2D eigenvalue weighted by Gasteiger charge is -2.24. The SMILES string of the molecule is CN(CC1CCCCCC1=O)c1ccccc1. The van der Waals surface area contributed by atoms with Gasteiger partial charge in [0.05, 0.1) is 0 Å². The Hall–Kier alpha value is -1.31. The third kappa shape index (κ3) is 3.32. The Balaban J connectivity index is 1.97. The molecule has 1 atom stereocenters. The van der Waals surface area contributed by atoms with E-state index in [9.17, 15) is 4.79 Å². The summed E-state index contributed by atoms with van der Waals surface area (Å²) >= 11 is 0. The standard InChI is InChI=1S/C15H21NO/c1-16(14-9-5-3-6-10-14)12-13-8-4-2-7-11-15(13)17/h3,5-6,9-10,13H,2,4,7-8,11-12H2,1H3. The minimum Gasteiger partial charge on any atom is -0.374 e. The molecule has 0 radical (unpaired) electrons. The van der Waals surface area contributed by atoms with Crippen LogP contribution < -0.4 is 4.90 Å². The van der Waals surface area contributed by atoms with Crippen LogP contribution in [0.5, 0.6) is 0 Å².